The second-order valence-corrected chi connectivity index (χ2v) is 5.12. The Morgan fingerprint density at radius 2 is 1.88 bits per heavy atom. The summed E-state index contributed by atoms with van der Waals surface area (Å²) >= 11 is 0. The number of nitrogens with zero attached hydrogens (tertiary/aromatic N) is 1. The maximum absolute atomic E-state index is 11.7. The zero-order chi connectivity index (χ0) is 12.5. The van der Waals surface area contributed by atoms with E-state index in [1.165, 1.54) is 5.56 Å². The number of hydrogen-bond donors (Lipinski definition) is 1. The monoisotopic (exact) mass is 233 g/mol. The van der Waals surface area contributed by atoms with E-state index in [2.05, 4.69) is 0 Å². The van der Waals surface area contributed by atoms with Crippen molar-refractivity contribution < 1.29 is 9.90 Å². The fourth-order valence-corrected chi connectivity index (χ4v) is 1.84. The number of aliphatic hydroxyl groups is 1. The zero-order valence-electron chi connectivity index (χ0n) is 10.4. The number of benzene rings is 1. The first-order chi connectivity index (χ1) is 8.00. The Morgan fingerprint density at radius 3 is 2.35 bits per heavy atom. The highest BCUT2D eigenvalue weighted by Gasteiger charge is 2.39. The smallest absolute Gasteiger partial charge is 0.253 e. The van der Waals surface area contributed by atoms with Crippen LogP contribution in [-0.2, 0) is 6.42 Å². The van der Waals surface area contributed by atoms with Gasteiger partial charge >= 0.3 is 0 Å². The Labute approximate surface area is 102 Å². The van der Waals surface area contributed by atoms with Crippen molar-refractivity contribution in [1.82, 2.24) is 4.90 Å². The normalized spacial score (nSPS) is 16.6. The number of rotatable bonds is 4. The summed E-state index contributed by atoms with van der Waals surface area (Å²) in [5.41, 5.74) is 1.50. The second kappa shape index (κ2) is 4.49. The number of hydrogen-bond acceptors (Lipinski definition) is 2. The van der Waals surface area contributed by atoms with E-state index in [-0.39, 0.29) is 5.91 Å². The average molecular weight is 233 g/mol. The topological polar surface area (TPSA) is 40.5 Å². The SMILES string of the molecule is CN(C)C(=O)c1ccc(CCC2(O)CC2)cc1. The standard InChI is InChI=1S/C14H19NO2/c1-15(2)13(16)12-5-3-11(4-6-12)7-8-14(17)9-10-14/h3-6,17H,7-10H2,1-2H3. The fraction of sp³-hybridized carbons (Fsp3) is 0.500. The number of carbonyl (C=O) groups is 1. The lowest BCUT2D eigenvalue weighted by atomic mass is 10.0. The molecule has 3 heteroatoms. The van der Waals surface area contributed by atoms with Crippen LogP contribution in [0.15, 0.2) is 24.3 Å². The van der Waals surface area contributed by atoms with E-state index in [9.17, 15) is 9.90 Å². The first kappa shape index (κ1) is 12.1. The molecule has 0 aliphatic heterocycles. The molecule has 17 heavy (non-hydrogen) atoms. The predicted octanol–water partition coefficient (Wildman–Crippen LogP) is 1.85. The number of carbonyl (C=O) groups excluding carboxylic acids is 1. The third kappa shape index (κ3) is 3.07. The molecule has 0 atom stereocenters. The van der Waals surface area contributed by atoms with Gasteiger partial charge in [-0.1, -0.05) is 12.1 Å². The molecule has 1 saturated carbocycles. The van der Waals surface area contributed by atoms with Crippen molar-refractivity contribution in [1.29, 1.82) is 0 Å². The van der Waals surface area contributed by atoms with Crippen molar-refractivity contribution in [3.8, 4) is 0 Å². The maximum atomic E-state index is 11.7. The molecule has 92 valence electrons. The largest absolute Gasteiger partial charge is 0.390 e. The van der Waals surface area contributed by atoms with Gasteiger partial charge in [-0.15, -0.1) is 0 Å². The minimum atomic E-state index is -0.391. The molecule has 0 bridgehead atoms. The van der Waals surface area contributed by atoms with Gasteiger partial charge in [0, 0.05) is 19.7 Å². The van der Waals surface area contributed by atoms with Crippen molar-refractivity contribution in [2.75, 3.05) is 14.1 Å². The van der Waals surface area contributed by atoms with Crippen molar-refractivity contribution in [3.63, 3.8) is 0 Å². The lowest BCUT2D eigenvalue weighted by molar-refractivity contribution is 0.0827. The molecule has 1 amide bonds. The van der Waals surface area contributed by atoms with E-state index < -0.39 is 5.60 Å². The van der Waals surface area contributed by atoms with Gasteiger partial charge in [0.05, 0.1) is 5.60 Å². The Morgan fingerprint density at radius 1 is 1.29 bits per heavy atom. The molecule has 0 heterocycles. The van der Waals surface area contributed by atoms with Gasteiger partial charge in [-0.2, -0.15) is 0 Å². The molecule has 1 N–H and O–H groups in total. The second-order valence-electron chi connectivity index (χ2n) is 5.12. The first-order valence-corrected chi connectivity index (χ1v) is 6.03. The fourth-order valence-electron chi connectivity index (χ4n) is 1.84. The number of amides is 1. The quantitative estimate of drug-likeness (QED) is 0.862. The van der Waals surface area contributed by atoms with Gasteiger partial charge in [-0.25, -0.2) is 0 Å². The summed E-state index contributed by atoms with van der Waals surface area (Å²) < 4.78 is 0. The molecule has 2 rings (SSSR count). The van der Waals surface area contributed by atoms with Crippen LogP contribution in [0.4, 0.5) is 0 Å². The minimum absolute atomic E-state index is 0.0253. The third-order valence-corrected chi connectivity index (χ3v) is 3.31. The summed E-state index contributed by atoms with van der Waals surface area (Å²) in [6.45, 7) is 0. The van der Waals surface area contributed by atoms with Crippen molar-refractivity contribution >= 4 is 5.91 Å². The Bertz CT molecular complexity index is 405. The van der Waals surface area contributed by atoms with Crippen LogP contribution in [0.5, 0.6) is 0 Å². The minimum Gasteiger partial charge on any atom is -0.390 e. The summed E-state index contributed by atoms with van der Waals surface area (Å²) in [7, 11) is 3.50. The molecule has 0 unspecified atom stereocenters. The predicted molar refractivity (Wildman–Crippen MR) is 67.0 cm³/mol. The molecule has 0 radical (unpaired) electrons. The molecule has 0 aromatic heterocycles. The molecule has 1 aromatic carbocycles. The molecular weight excluding hydrogens is 214 g/mol. The lowest BCUT2D eigenvalue weighted by Gasteiger charge is -2.11. The molecule has 1 aliphatic rings. The molecular formula is C14H19NO2. The van der Waals surface area contributed by atoms with Crippen LogP contribution in [0.25, 0.3) is 0 Å². The molecule has 1 fully saturated rings. The van der Waals surface area contributed by atoms with Crippen molar-refractivity contribution in [2.24, 2.45) is 0 Å². The van der Waals surface area contributed by atoms with Crippen LogP contribution in [0, 0.1) is 0 Å². The van der Waals surface area contributed by atoms with Gasteiger partial charge in [0.1, 0.15) is 0 Å². The van der Waals surface area contributed by atoms with Crippen LogP contribution >= 0.6 is 0 Å². The highest BCUT2D eigenvalue weighted by molar-refractivity contribution is 5.93. The van der Waals surface area contributed by atoms with Gasteiger partial charge in [0.25, 0.3) is 5.91 Å². The van der Waals surface area contributed by atoms with Crippen molar-refractivity contribution in [3.05, 3.63) is 35.4 Å². The zero-order valence-corrected chi connectivity index (χ0v) is 10.4. The van der Waals surface area contributed by atoms with Gasteiger partial charge in [0.15, 0.2) is 0 Å². The molecule has 0 spiro atoms. The van der Waals surface area contributed by atoms with Crippen LogP contribution in [0.3, 0.4) is 0 Å². The summed E-state index contributed by atoms with van der Waals surface area (Å²) in [6.07, 6.45) is 3.58. The van der Waals surface area contributed by atoms with Crippen LogP contribution in [-0.4, -0.2) is 35.6 Å². The Hall–Kier alpha value is -1.35. The summed E-state index contributed by atoms with van der Waals surface area (Å²) in [5, 5.41) is 9.74. The van der Waals surface area contributed by atoms with Crippen LogP contribution in [0.2, 0.25) is 0 Å². The summed E-state index contributed by atoms with van der Waals surface area (Å²) in [5.74, 6) is 0.0253. The lowest BCUT2D eigenvalue weighted by Crippen LogP contribution is -2.21. The van der Waals surface area contributed by atoms with E-state index >= 15 is 0 Å². The molecule has 1 aliphatic carbocycles. The van der Waals surface area contributed by atoms with E-state index in [4.69, 9.17) is 0 Å². The first-order valence-electron chi connectivity index (χ1n) is 6.03. The molecule has 3 nitrogen and oxygen atoms in total. The summed E-state index contributed by atoms with van der Waals surface area (Å²) in [6, 6.07) is 7.66. The Kier molecular flexibility index (Phi) is 3.20. The van der Waals surface area contributed by atoms with Gasteiger partial charge in [-0.05, 0) is 43.4 Å². The van der Waals surface area contributed by atoms with Crippen LogP contribution < -0.4 is 0 Å². The number of aryl methyl sites for hydroxylation is 1. The third-order valence-electron chi connectivity index (χ3n) is 3.31. The Balaban J connectivity index is 1.95. The average Bonchev–Trinajstić information content (AvgIpc) is 3.05. The van der Waals surface area contributed by atoms with Gasteiger partial charge in [-0.3, -0.25) is 4.79 Å². The molecule has 1 aromatic rings. The highest BCUT2D eigenvalue weighted by atomic mass is 16.3. The van der Waals surface area contributed by atoms with E-state index in [0.29, 0.717) is 5.56 Å². The van der Waals surface area contributed by atoms with Crippen LogP contribution in [0.1, 0.15) is 35.2 Å². The van der Waals surface area contributed by atoms with Gasteiger partial charge < -0.3 is 10.0 Å². The van der Waals surface area contributed by atoms with E-state index in [1.807, 2.05) is 24.3 Å². The van der Waals surface area contributed by atoms with E-state index in [1.54, 1.807) is 19.0 Å². The van der Waals surface area contributed by atoms with E-state index in [0.717, 1.165) is 25.7 Å². The van der Waals surface area contributed by atoms with Gasteiger partial charge in [0.2, 0.25) is 0 Å². The van der Waals surface area contributed by atoms with Crippen molar-refractivity contribution in [2.45, 2.75) is 31.3 Å². The summed E-state index contributed by atoms with van der Waals surface area (Å²) in [4.78, 5) is 13.2. The molecule has 0 saturated heterocycles. The maximum Gasteiger partial charge on any atom is 0.253 e. The highest BCUT2D eigenvalue weighted by Crippen LogP contribution is 2.39.